The Morgan fingerprint density at radius 2 is 2.07 bits per heavy atom. The second-order valence-electron chi connectivity index (χ2n) is 5.69. The Balaban J connectivity index is 1.61. The monoisotopic (exact) mass is 399 g/mol. The van der Waals surface area contributed by atoms with Crippen LogP contribution < -0.4 is 10.1 Å². The van der Waals surface area contributed by atoms with Crippen LogP contribution in [0.4, 0.5) is 5.13 Å². The average Bonchev–Trinajstić information content (AvgIpc) is 3.24. The lowest BCUT2D eigenvalue weighted by molar-refractivity contribution is 0.102. The molecule has 0 radical (unpaired) electrons. The number of thiazole rings is 1. The van der Waals surface area contributed by atoms with Gasteiger partial charge in [-0.15, -0.1) is 5.10 Å². The first-order valence-corrected chi connectivity index (χ1v) is 9.19. The average molecular weight is 400 g/mol. The summed E-state index contributed by atoms with van der Waals surface area (Å²) >= 11 is 7.57. The maximum absolute atomic E-state index is 12.6. The third-order valence-electron chi connectivity index (χ3n) is 4.01. The number of hydrogen-bond acceptors (Lipinski definition) is 6. The molecule has 0 aliphatic carbocycles. The van der Waals surface area contributed by atoms with Crippen molar-refractivity contribution in [2.75, 3.05) is 12.4 Å². The van der Waals surface area contributed by atoms with Gasteiger partial charge in [0.25, 0.3) is 5.91 Å². The molecular weight excluding hydrogens is 386 g/mol. The lowest BCUT2D eigenvalue weighted by atomic mass is 10.3. The molecule has 0 bridgehead atoms. The molecule has 4 aromatic rings. The number of amides is 1. The first-order chi connectivity index (χ1) is 13.1. The van der Waals surface area contributed by atoms with E-state index in [1.54, 1.807) is 24.8 Å². The summed E-state index contributed by atoms with van der Waals surface area (Å²) in [7, 11) is 1.61. The number of methoxy groups -OCH3 is 1. The van der Waals surface area contributed by atoms with Crippen LogP contribution in [0, 0.1) is 6.92 Å². The summed E-state index contributed by atoms with van der Waals surface area (Å²) in [5.74, 6) is 0.361. The predicted molar refractivity (Wildman–Crippen MR) is 105 cm³/mol. The lowest BCUT2D eigenvalue weighted by Gasteiger charge is -2.05. The Hall–Kier alpha value is -2.97. The highest BCUT2D eigenvalue weighted by atomic mass is 35.5. The van der Waals surface area contributed by atoms with E-state index in [2.05, 4.69) is 20.6 Å². The molecule has 4 rings (SSSR count). The van der Waals surface area contributed by atoms with Gasteiger partial charge in [-0.2, -0.15) is 0 Å². The van der Waals surface area contributed by atoms with Crippen LogP contribution in [0.5, 0.6) is 5.75 Å². The largest absolute Gasteiger partial charge is 0.497 e. The maximum Gasteiger partial charge on any atom is 0.279 e. The fourth-order valence-corrected chi connectivity index (χ4v) is 3.74. The fourth-order valence-electron chi connectivity index (χ4n) is 2.63. The van der Waals surface area contributed by atoms with E-state index < -0.39 is 0 Å². The summed E-state index contributed by atoms with van der Waals surface area (Å²) in [5, 5.41) is 11.9. The van der Waals surface area contributed by atoms with Crippen molar-refractivity contribution in [3.05, 3.63) is 58.9 Å². The van der Waals surface area contributed by atoms with Gasteiger partial charge in [-0.3, -0.25) is 10.1 Å². The normalized spacial score (nSPS) is 10.9. The lowest BCUT2D eigenvalue weighted by Crippen LogP contribution is -2.14. The van der Waals surface area contributed by atoms with Gasteiger partial charge < -0.3 is 4.74 Å². The second-order valence-corrected chi connectivity index (χ2v) is 7.13. The smallest absolute Gasteiger partial charge is 0.279 e. The van der Waals surface area contributed by atoms with E-state index in [1.165, 1.54) is 11.3 Å². The maximum atomic E-state index is 12.6. The zero-order chi connectivity index (χ0) is 19.0. The summed E-state index contributed by atoms with van der Waals surface area (Å²) in [5.41, 5.74) is 2.25. The summed E-state index contributed by atoms with van der Waals surface area (Å²) in [6.07, 6.45) is 0. The van der Waals surface area contributed by atoms with Gasteiger partial charge in [0.15, 0.2) is 10.8 Å². The van der Waals surface area contributed by atoms with Crippen LogP contribution in [-0.4, -0.2) is 33.0 Å². The number of ether oxygens (including phenoxy) is 1. The second kappa shape index (κ2) is 6.98. The molecule has 0 atom stereocenters. The molecule has 2 heterocycles. The van der Waals surface area contributed by atoms with Gasteiger partial charge in [0.1, 0.15) is 5.75 Å². The number of nitrogens with zero attached hydrogens (tertiary/aromatic N) is 4. The first kappa shape index (κ1) is 17.4. The predicted octanol–water partition coefficient (Wildman–Crippen LogP) is 4.10. The van der Waals surface area contributed by atoms with Crippen molar-refractivity contribution in [2.24, 2.45) is 0 Å². The van der Waals surface area contributed by atoms with Gasteiger partial charge in [0, 0.05) is 0 Å². The molecule has 0 saturated heterocycles. The number of carbonyl (C=O) groups excluding carboxylic acids is 1. The zero-order valence-electron chi connectivity index (χ0n) is 14.4. The van der Waals surface area contributed by atoms with Crippen molar-refractivity contribution in [1.29, 1.82) is 0 Å². The number of carbonyl (C=O) groups is 1. The SMILES string of the molecule is COc1ccc2nc(NC(=O)c3nnn(-c4ccccc4Cl)c3C)sc2c1. The molecule has 1 amide bonds. The van der Waals surface area contributed by atoms with Crippen LogP contribution >= 0.6 is 22.9 Å². The zero-order valence-corrected chi connectivity index (χ0v) is 16.0. The van der Waals surface area contributed by atoms with Gasteiger partial charge in [-0.1, -0.05) is 40.3 Å². The summed E-state index contributed by atoms with van der Waals surface area (Å²) in [6.45, 7) is 1.77. The molecule has 136 valence electrons. The number of hydrogen-bond donors (Lipinski definition) is 1. The molecule has 0 unspecified atom stereocenters. The Bertz CT molecular complexity index is 1150. The van der Waals surface area contributed by atoms with E-state index in [9.17, 15) is 4.79 Å². The Morgan fingerprint density at radius 3 is 2.85 bits per heavy atom. The highest BCUT2D eigenvalue weighted by Crippen LogP contribution is 2.29. The topological polar surface area (TPSA) is 81.9 Å². The number of nitrogens with one attached hydrogen (secondary N) is 1. The van der Waals surface area contributed by atoms with Crippen LogP contribution in [0.1, 0.15) is 16.2 Å². The molecular formula is C18H14ClN5O2S. The standard InChI is InChI=1S/C18H14ClN5O2S/c1-10-16(22-23-24(10)14-6-4-3-5-12(14)19)17(25)21-18-20-13-8-7-11(26-2)9-15(13)27-18/h3-9H,1-2H3,(H,20,21,25). The van der Waals surface area contributed by atoms with Gasteiger partial charge in [0.05, 0.1) is 33.7 Å². The highest BCUT2D eigenvalue weighted by molar-refractivity contribution is 7.22. The number of rotatable bonds is 4. The van der Waals surface area contributed by atoms with Gasteiger partial charge >= 0.3 is 0 Å². The molecule has 2 aromatic carbocycles. The number of fused-ring (bicyclic) bond motifs is 1. The molecule has 0 aliphatic rings. The number of aromatic nitrogens is 4. The quantitative estimate of drug-likeness (QED) is 0.558. The number of benzene rings is 2. The van der Waals surface area contributed by atoms with Gasteiger partial charge in [-0.05, 0) is 37.3 Å². The van der Waals surface area contributed by atoms with E-state index in [0.717, 1.165) is 16.0 Å². The van der Waals surface area contributed by atoms with Crippen LogP contribution in [-0.2, 0) is 0 Å². The van der Waals surface area contributed by atoms with Crippen molar-refractivity contribution in [3.8, 4) is 11.4 Å². The Morgan fingerprint density at radius 1 is 1.26 bits per heavy atom. The van der Waals surface area contributed by atoms with Gasteiger partial charge in [-0.25, -0.2) is 9.67 Å². The van der Waals surface area contributed by atoms with E-state index in [0.29, 0.717) is 21.5 Å². The third-order valence-corrected chi connectivity index (χ3v) is 5.26. The van der Waals surface area contributed by atoms with E-state index >= 15 is 0 Å². The Labute approximate surface area is 163 Å². The van der Waals surface area contributed by atoms with E-state index in [1.807, 2.05) is 36.4 Å². The van der Waals surface area contributed by atoms with Crippen molar-refractivity contribution in [3.63, 3.8) is 0 Å². The molecule has 9 heteroatoms. The minimum absolute atomic E-state index is 0.215. The van der Waals surface area contributed by atoms with Crippen molar-refractivity contribution >= 4 is 44.2 Å². The molecule has 0 aliphatic heterocycles. The third kappa shape index (κ3) is 3.24. The van der Waals surface area contributed by atoms with Crippen LogP contribution in [0.25, 0.3) is 15.9 Å². The van der Waals surface area contributed by atoms with Crippen molar-refractivity contribution in [2.45, 2.75) is 6.92 Å². The minimum atomic E-state index is -0.378. The molecule has 0 fully saturated rings. The minimum Gasteiger partial charge on any atom is -0.497 e. The number of para-hydroxylation sites is 1. The molecule has 0 spiro atoms. The molecule has 1 N–H and O–H groups in total. The van der Waals surface area contributed by atoms with Crippen LogP contribution in [0.15, 0.2) is 42.5 Å². The van der Waals surface area contributed by atoms with E-state index in [-0.39, 0.29) is 11.6 Å². The molecule has 7 nitrogen and oxygen atoms in total. The summed E-state index contributed by atoms with van der Waals surface area (Å²) in [6, 6.07) is 12.8. The number of halogens is 1. The van der Waals surface area contributed by atoms with E-state index in [4.69, 9.17) is 16.3 Å². The van der Waals surface area contributed by atoms with Crippen molar-refractivity contribution in [1.82, 2.24) is 20.0 Å². The molecule has 2 aromatic heterocycles. The number of anilines is 1. The van der Waals surface area contributed by atoms with Crippen LogP contribution in [0.2, 0.25) is 5.02 Å². The van der Waals surface area contributed by atoms with Crippen molar-refractivity contribution < 1.29 is 9.53 Å². The van der Waals surface area contributed by atoms with Gasteiger partial charge in [0.2, 0.25) is 0 Å². The summed E-state index contributed by atoms with van der Waals surface area (Å²) in [4.78, 5) is 17.1. The molecule has 0 saturated carbocycles. The fraction of sp³-hybridized carbons (Fsp3) is 0.111. The Kier molecular flexibility index (Phi) is 4.51. The summed E-state index contributed by atoms with van der Waals surface area (Å²) < 4.78 is 7.67. The first-order valence-electron chi connectivity index (χ1n) is 8.00. The van der Waals surface area contributed by atoms with Crippen LogP contribution in [0.3, 0.4) is 0 Å². The molecule has 27 heavy (non-hydrogen) atoms. The highest BCUT2D eigenvalue weighted by Gasteiger charge is 2.19.